The van der Waals surface area contributed by atoms with Crippen LogP contribution in [-0.2, 0) is 6.54 Å². The lowest BCUT2D eigenvalue weighted by Gasteiger charge is -2.27. The molecule has 140 valence electrons. The molecular weight excluding hydrogens is 322 g/mol. The van der Waals surface area contributed by atoms with Crippen LogP contribution < -0.4 is 4.90 Å². The van der Waals surface area contributed by atoms with Gasteiger partial charge in [-0.2, -0.15) is 0 Å². The molecule has 0 radical (unpaired) electrons. The number of pyridine rings is 1. The van der Waals surface area contributed by atoms with Crippen LogP contribution in [0.15, 0.2) is 30.9 Å². The zero-order valence-electron chi connectivity index (χ0n) is 16.0. The van der Waals surface area contributed by atoms with Crippen molar-refractivity contribution in [3.05, 3.63) is 42.2 Å². The smallest absolute Gasteiger partial charge is 0.0951 e. The Hall–Kier alpha value is -1.88. The Bertz CT molecular complexity index is 704. The van der Waals surface area contributed by atoms with Gasteiger partial charge in [0.1, 0.15) is 0 Å². The summed E-state index contributed by atoms with van der Waals surface area (Å²) < 4.78 is 2.47. The maximum atomic E-state index is 4.48. The van der Waals surface area contributed by atoms with Gasteiger partial charge in [0, 0.05) is 62.5 Å². The van der Waals surface area contributed by atoms with Gasteiger partial charge < -0.3 is 9.47 Å². The minimum Gasteiger partial charge on any atom is -0.370 e. The molecule has 0 spiro atoms. The Morgan fingerprint density at radius 1 is 1.04 bits per heavy atom. The number of hydrogen-bond donors (Lipinski definition) is 0. The van der Waals surface area contributed by atoms with E-state index >= 15 is 0 Å². The topological polar surface area (TPSA) is 37.2 Å². The second-order valence-corrected chi connectivity index (χ2v) is 7.86. The van der Waals surface area contributed by atoms with Gasteiger partial charge in [0.2, 0.25) is 0 Å². The fraction of sp³-hybridized carbons (Fsp3) is 0.619. The van der Waals surface area contributed by atoms with Crippen LogP contribution in [0.3, 0.4) is 0 Å². The van der Waals surface area contributed by atoms with Crippen LogP contribution in [-0.4, -0.2) is 45.6 Å². The lowest BCUT2D eigenvalue weighted by atomic mass is 9.95. The summed E-state index contributed by atoms with van der Waals surface area (Å²) in [5.74, 6) is 0. The molecular formula is C21H31N5. The second-order valence-electron chi connectivity index (χ2n) is 7.86. The van der Waals surface area contributed by atoms with Gasteiger partial charge in [-0.25, -0.2) is 4.98 Å². The highest BCUT2D eigenvalue weighted by Gasteiger charge is 2.20. The number of aryl methyl sites for hydroxylation is 1. The molecule has 0 aromatic carbocycles. The molecule has 5 heteroatoms. The summed E-state index contributed by atoms with van der Waals surface area (Å²) >= 11 is 0. The maximum Gasteiger partial charge on any atom is 0.0951 e. The summed E-state index contributed by atoms with van der Waals surface area (Å²) in [5, 5.41) is 0. The predicted molar refractivity (Wildman–Crippen MR) is 105 cm³/mol. The zero-order valence-corrected chi connectivity index (χ0v) is 16.0. The standard InChI is InChI=1S/C21H31N5/c1-18-14-20(8-9-23-18)25-11-5-10-24(12-13-25)16-21-15-22-17-26(21)19-6-3-2-4-7-19/h8-9,14-15,17,19H,2-7,10-13,16H2,1H3. The predicted octanol–water partition coefficient (Wildman–Crippen LogP) is 3.80. The van der Waals surface area contributed by atoms with Gasteiger partial charge >= 0.3 is 0 Å². The highest BCUT2D eigenvalue weighted by Crippen LogP contribution is 2.29. The second kappa shape index (κ2) is 8.21. The molecule has 2 fully saturated rings. The summed E-state index contributed by atoms with van der Waals surface area (Å²) in [6.07, 6.45) is 14.1. The molecule has 2 aromatic rings. The van der Waals surface area contributed by atoms with E-state index in [1.54, 1.807) is 0 Å². The van der Waals surface area contributed by atoms with Crippen molar-refractivity contribution in [2.24, 2.45) is 0 Å². The third-order valence-electron chi connectivity index (χ3n) is 5.93. The van der Waals surface area contributed by atoms with E-state index in [-0.39, 0.29) is 0 Å². The lowest BCUT2D eigenvalue weighted by molar-refractivity contribution is 0.266. The summed E-state index contributed by atoms with van der Waals surface area (Å²) in [6.45, 7) is 7.58. The van der Waals surface area contributed by atoms with Gasteiger partial charge in [0.15, 0.2) is 0 Å². The number of hydrogen-bond acceptors (Lipinski definition) is 4. The Balaban J connectivity index is 1.39. The van der Waals surface area contributed by atoms with E-state index in [4.69, 9.17) is 0 Å². The van der Waals surface area contributed by atoms with Gasteiger partial charge in [-0.15, -0.1) is 0 Å². The van der Waals surface area contributed by atoms with Crippen molar-refractivity contribution >= 4 is 5.69 Å². The maximum absolute atomic E-state index is 4.48. The summed E-state index contributed by atoms with van der Waals surface area (Å²) in [7, 11) is 0. The molecule has 0 N–H and O–H groups in total. The van der Waals surface area contributed by atoms with Crippen molar-refractivity contribution in [1.29, 1.82) is 0 Å². The van der Waals surface area contributed by atoms with Crippen molar-refractivity contribution < 1.29 is 0 Å². The van der Waals surface area contributed by atoms with Crippen LogP contribution in [0.4, 0.5) is 5.69 Å². The van der Waals surface area contributed by atoms with Crippen molar-refractivity contribution in [3.8, 4) is 0 Å². The number of nitrogens with zero attached hydrogens (tertiary/aromatic N) is 5. The third-order valence-corrected chi connectivity index (χ3v) is 5.93. The minimum atomic E-state index is 0.671. The fourth-order valence-corrected chi connectivity index (χ4v) is 4.49. The van der Waals surface area contributed by atoms with Crippen molar-refractivity contribution in [2.45, 2.75) is 58.0 Å². The molecule has 0 amide bonds. The van der Waals surface area contributed by atoms with Gasteiger partial charge in [0.25, 0.3) is 0 Å². The van der Waals surface area contributed by atoms with E-state index in [0.29, 0.717) is 6.04 Å². The van der Waals surface area contributed by atoms with E-state index in [1.165, 1.54) is 49.9 Å². The quantitative estimate of drug-likeness (QED) is 0.838. The van der Waals surface area contributed by atoms with Crippen LogP contribution in [0, 0.1) is 6.92 Å². The van der Waals surface area contributed by atoms with Gasteiger partial charge in [0.05, 0.1) is 12.0 Å². The molecule has 1 aliphatic carbocycles. The molecule has 3 heterocycles. The number of rotatable bonds is 4. The Kier molecular flexibility index (Phi) is 5.54. The minimum absolute atomic E-state index is 0.671. The molecule has 2 aromatic heterocycles. The van der Waals surface area contributed by atoms with E-state index in [2.05, 4.69) is 55.9 Å². The monoisotopic (exact) mass is 353 g/mol. The first-order chi connectivity index (χ1) is 12.8. The third kappa shape index (κ3) is 4.09. The molecule has 0 atom stereocenters. The van der Waals surface area contributed by atoms with Crippen LogP contribution in [0.1, 0.15) is 56.0 Å². The van der Waals surface area contributed by atoms with Gasteiger partial charge in [-0.1, -0.05) is 19.3 Å². The Morgan fingerprint density at radius 2 is 1.92 bits per heavy atom. The number of anilines is 1. The molecule has 26 heavy (non-hydrogen) atoms. The SMILES string of the molecule is Cc1cc(N2CCCN(Cc3cncn3C3CCCCC3)CC2)ccn1. The summed E-state index contributed by atoms with van der Waals surface area (Å²) in [6, 6.07) is 5.01. The van der Waals surface area contributed by atoms with Crippen molar-refractivity contribution in [3.63, 3.8) is 0 Å². The van der Waals surface area contributed by atoms with Crippen LogP contribution in [0.2, 0.25) is 0 Å². The van der Waals surface area contributed by atoms with Gasteiger partial charge in [-0.3, -0.25) is 9.88 Å². The lowest BCUT2D eigenvalue weighted by Crippen LogP contribution is -2.31. The number of aromatic nitrogens is 3. The molecule has 2 aliphatic rings. The Morgan fingerprint density at radius 3 is 2.77 bits per heavy atom. The summed E-state index contributed by atoms with van der Waals surface area (Å²) in [4.78, 5) is 13.9. The molecule has 5 nitrogen and oxygen atoms in total. The van der Waals surface area contributed by atoms with E-state index in [1.807, 2.05) is 6.20 Å². The van der Waals surface area contributed by atoms with E-state index in [0.717, 1.165) is 38.4 Å². The fourth-order valence-electron chi connectivity index (χ4n) is 4.49. The molecule has 0 bridgehead atoms. The molecule has 4 rings (SSSR count). The van der Waals surface area contributed by atoms with Gasteiger partial charge in [-0.05, 0) is 38.3 Å². The first-order valence-corrected chi connectivity index (χ1v) is 10.2. The first-order valence-electron chi connectivity index (χ1n) is 10.2. The van der Waals surface area contributed by atoms with E-state index < -0.39 is 0 Å². The largest absolute Gasteiger partial charge is 0.370 e. The molecule has 0 unspecified atom stereocenters. The normalized spacial score (nSPS) is 20.3. The molecule has 1 saturated heterocycles. The number of imidazole rings is 1. The highest BCUT2D eigenvalue weighted by atomic mass is 15.2. The van der Waals surface area contributed by atoms with Crippen molar-refractivity contribution in [1.82, 2.24) is 19.4 Å². The Labute approximate surface area is 157 Å². The van der Waals surface area contributed by atoms with Crippen LogP contribution in [0.25, 0.3) is 0 Å². The van der Waals surface area contributed by atoms with Crippen LogP contribution >= 0.6 is 0 Å². The summed E-state index contributed by atoms with van der Waals surface area (Å²) in [5.41, 5.74) is 3.80. The average molecular weight is 354 g/mol. The highest BCUT2D eigenvalue weighted by molar-refractivity contribution is 5.46. The average Bonchev–Trinajstić information content (AvgIpc) is 3.00. The van der Waals surface area contributed by atoms with E-state index in [9.17, 15) is 0 Å². The first kappa shape index (κ1) is 17.5. The molecule has 1 saturated carbocycles. The van der Waals surface area contributed by atoms with Crippen LogP contribution in [0.5, 0.6) is 0 Å². The zero-order chi connectivity index (χ0) is 17.8. The van der Waals surface area contributed by atoms with Crippen molar-refractivity contribution in [2.75, 3.05) is 31.1 Å². The molecule has 1 aliphatic heterocycles.